The van der Waals surface area contributed by atoms with Gasteiger partial charge in [0.15, 0.2) is 0 Å². The van der Waals surface area contributed by atoms with Crippen LogP contribution in [-0.4, -0.2) is 25.1 Å². The molecule has 0 amide bonds. The summed E-state index contributed by atoms with van der Waals surface area (Å²) in [4.78, 5) is 12.7. The van der Waals surface area contributed by atoms with Gasteiger partial charge in [-0.1, -0.05) is 30.3 Å². The molecule has 20 heavy (non-hydrogen) atoms. The Hall–Kier alpha value is -2.17. The zero-order valence-corrected chi connectivity index (χ0v) is 11.4. The number of methoxy groups -OCH3 is 2. The lowest BCUT2D eigenvalue weighted by Crippen LogP contribution is -2.39. The van der Waals surface area contributed by atoms with E-state index in [0.717, 1.165) is 0 Å². The first-order chi connectivity index (χ1) is 9.64. The Kier molecular flexibility index (Phi) is 4.17. The number of carbonyl (C=O) groups is 1. The van der Waals surface area contributed by atoms with E-state index in [1.54, 1.807) is 12.1 Å². The third-order valence-electron chi connectivity index (χ3n) is 3.16. The monoisotopic (exact) mass is 272 g/mol. The van der Waals surface area contributed by atoms with Crippen molar-refractivity contribution in [2.24, 2.45) is 0 Å². The van der Waals surface area contributed by atoms with Crippen LogP contribution in [0.2, 0.25) is 0 Å². The summed E-state index contributed by atoms with van der Waals surface area (Å²) in [6.07, 6.45) is 0. The summed E-state index contributed by atoms with van der Waals surface area (Å²) in [7, 11) is 2.85. The van der Waals surface area contributed by atoms with E-state index < -0.39 is 5.79 Å². The highest BCUT2D eigenvalue weighted by Gasteiger charge is 2.41. The van der Waals surface area contributed by atoms with Crippen molar-refractivity contribution in [3.63, 3.8) is 0 Å². The van der Waals surface area contributed by atoms with Crippen molar-refractivity contribution in [2.75, 3.05) is 14.2 Å². The number of benzene rings is 2. The Labute approximate surface area is 117 Å². The average Bonchev–Trinajstić information content (AvgIpc) is 2.51. The molecule has 2 aromatic rings. The third-order valence-corrected chi connectivity index (χ3v) is 3.16. The summed E-state index contributed by atoms with van der Waals surface area (Å²) in [6, 6.07) is 15.0. The molecule has 0 unspecified atom stereocenters. The molecule has 2 aromatic carbocycles. The fourth-order valence-corrected chi connectivity index (χ4v) is 2.10. The summed E-state index contributed by atoms with van der Waals surface area (Å²) in [5.74, 6) is -1.71. The summed E-state index contributed by atoms with van der Waals surface area (Å²) in [5, 5.41) is 9.30. The van der Waals surface area contributed by atoms with Crippen LogP contribution in [0.5, 0.6) is 5.75 Å². The molecule has 0 atom stereocenters. The Morgan fingerprint density at radius 3 is 2.00 bits per heavy atom. The molecular weight excluding hydrogens is 256 g/mol. The predicted octanol–water partition coefficient (Wildman–Crippen LogP) is 2.72. The molecule has 0 bridgehead atoms. The number of rotatable bonds is 5. The molecule has 0 spiro atoms. The molecule has 4 nitrogen and oxygen atoms in total. The Balaban J connectivity index is 2.48. The van der Waals surface area contributed by atoms with Crippen LogP contribution in [0.25, 0.3) is 0 Å². The van der Waals surface area contributed by atoms with Gasteiger partial charge >= 0.3 is 0 Å². The van der Waals surface area contributed by atoms with Crippen molar-refractivity contribution in [1.29, 1.82) is 0 Å². The van der Waals surface area contributed by atoms with E-state index in [2.05, 4.69) is 0 Å². The molecule has 4 heteroatoms. The van der Waals surface area contributed by atoms with Gasteiger partial charge in [0, 0.05) is 25.3 Å². The largest absolute Gasteiger partial charge is 0.508 e. The third kappa shape index (κ3) is 2.43. The van der Waals surface area contributed by atoms with E-state index in [0.29, 0.717) is 11.1 Å². The maximum absolute atomic E-state index is 12.7. The van der Waals surface area contributed by atoms with Gasteiger partial charge in [0.1, 0.15) is 5.75 Å². The SMILES string of the molecule is COC(OC)(C(=O)c1ccc(O)cc1)c1ccccc1. The maximum Gasteiger partial charge on any atom is 0.260 e. The van der Waals surface area contributed by atoms with E-state index in [9.17, 15) is 9.90 Å². The van der Waals surface area contributed by atoms with Gasteiger partial charge in [0.25, 0.3) is 5.79 Å². The summed E-state index contributed by atoms with van der Waals surface area (Å²) in [5.41, 5.74) is 1.01. The number of carbonyl (C=O) groups excluding carboxylic acids is 1. The van der Waals surface area contributed by atoms with E-state index in [-0.39, 0.29) is 11.5 Å². The first-order valence-corrected chi connectivity index (χ1v) is 6.13. The second-order valence-corrected chi connectivity index (χ2v) is 4.27. The number of ether oxygens (including phenoxy) is 2. The molecule has 0 saturated carbocycles. The molecule has 0 radical (unpaired) electrons. The highest BCUT2D eigenvalue weighted by Crippen LogP contribution is 2.30. The lowest BCUT2D eigenvalue weighted by atomic mass is 9.96. The first-order valence-electron chi connectivity index (χ1n) is 6.13. The lowest BCUT2D eigenvalue weighted by molar-refractivity contribution is -0.176. The topological polar surface area (TPSA) is 55.8 Å². The molecule has 0 saturated heterocycles. The van der Waals surface area contributed by atoms with Crippen LogP contribution in [0.1, 0.15) is 15.9 Å². The molecular formula is C16H16O4. The predicted molar refractivity (Wildman–Crippen MR) is 74.6 cm³/mol. The van der Waals surface area contributed by atoms with Gasteiger partial charge in [0.05, 0.1) is 0 Å². The first kappa shape index (κ1) is 14.2. The van der Waals surface area contributed by atoms with Gasteiger partial charge in [-0.15, -0.1) is 0 Å². The normalized spacial score (nSPS) is 11.3. The van der Waals surface area contributed by atoms with Gasteiger partial charge in [-0.2, -0.15) is 0 Å². The number of ketones is 1. The minimum Gasteiger partial charge on any atom is -0.508 e. The number of phenolic OH excluding ortho intramolecular Hbond substituents is 1. The van der Waals surface area contributed by atoms with Crippen molar-refractivity contribution in [3.8, 4) is 5.75 Å². The number of hydrogen-bond acceptors (Lipinski definition) is 4. The Morgan fingerprint density at radius 2 is 1.50 bits per heavy atom. The molecule has 0 heterocycles. The van der Waals surface area contributed by atoms with Crippen LogP contribution >= 0.6 is 0 Å². The second-order valence-electron chi connectivity index (χ2n) is 4.27. The number of hydrogen-bond donors (Lipinski definition) is 1. The van der Waals surface area contributed by atoms with Crippen LogP contribution in [0, 0.1) is 0 Å². The zero-order chi connectivity index (χ0) is 14.6. The van der Waals surface area contributed by atoms with Gasteiger partial charge < -0.3 is 14.6 Å². The quantitative estimate of drug-likeness (QED) is 0.671. The number of aromatic hydroxyl groups is 1. The summed E-state index contributed by atoms with van der Waals surface area (Å²) in [6.45, 7) is 0. The van der Waals surface area contributed by atoms with Crippen molar-refractivity contribution in [1.82, 2.24) is 0 Å². The smallest absolute Gasteiger partial charge is 0.260 e. The van der Waals surface area contributed by atoms with Gasteiger partial charge in [-0.3, -0.25) is 4.79 Å². The fourth-order valence-electron chi connectivity index (χ4n) is 2.10. The zero-order valence-electron chi connectivity index (χ0n) is 11.4. The molecule has 0 fully saturated rings. The van der Waals surface area contributed by atoms with Crippen molar-refractivity contribution < 1.29 is 19.4 Å². The average molecular weight is 272 g/mol. The molecule has 104 valence electrons. The molecule has 1 N–H and O–H groups in total. The summed E-state index contributed by atoms with van der Waals surface area (Å²) < 4.78 is 10.8. The maximum atomic E-state index is 12.7. The second kappa shape index (κ2) is 5.86. The van der Waals surface area contributed by atoms with E-state index in [4.69, 9.17) is 9.47 Å². The molecule has 0 aromatic heterocycles. The molecule has 0 aliphatic carbocycles. The van der Waals surface area contributed by atoms with Crippen molar-refractivity contribution in [3.05, 3.63) is 65.7 Å². The molecule has 0 aliphatic rings. The number of Topliss-reactive ketones (excluding diaryl/α,β-unsaturated/α-hetero) is 1. The van der Waals surface area contributed by atoms with E-state index in [1.165, 1.54) is 38.5 Å². The van der Waals surface area contributed by atoms with Crippen LogP contribution in [0.15, 0.2) is 54.6 Å². The highest BCUT2D eigenvalue weighted by atomic mass is 16.7. The van der Waals surface area contributed by atoms with E-state index in [1.807, 2.05) is 18.2 Å². The van der Waals surface area contributed by atoms with Crippen LogP contribution in [0.4, 0.5) is 0 Å². The molecule has 2 rings (SSSR count). The van der Waals surface area contributed by atoms with Crippen molar-refractivity contribution in [2.45, 2.75) is 5.79 Å². The fraction of sp³-hybridized carbons (Fsp3) is 0.188. The molecule has 0 aliphatic heterocycles. The van der Waals surface area contributed by atoms with Crippen LogP contribution in [0.3, 0.4) is 0 Å². The lowest BCUT2D eigenvalue weighted by Gasteiger charge is -2.29. The van der Waals surface area contributed by atoms with Gasteiger partial charge in [-0.05, 0) is 24.3 Å². The number of phenols is 1. The van der Waals surface area contributed by atoms with E-state index >= 15 is 0 Å². The Morgan fingerprint density at radius 1 is 0.950 bits per heavy atom. The standard InChI is InChI=1S/C16H16O4/c1-19-16(20-2,13-6-4-3-5-7-13)15(18)12-8-10-14(17)11-9-12/h3-11,17H,1-2H3. The highest BCUT2D eigenvalue weighted by molar-refractivity contribution is 6.02. The van der Waals surface area contributed by atoms with Crippen LogP contribution < -0.4 is 0 Å². The van der Waals surface area contributed by atoms with Gasteiger partial charge in [-0.25, -0.2) is 0 Å². The Bertz CT molecular complexity index is 571. The minimum absolute atomic E-state index is 0.0988. The minimum atomic E-state index is -1.49. The van der Waals surface area contributed by atoms with Crippen LogP contribution in [-0.2, 0) is 15.3 Å². The van der Waals surface area contributed by atoms with Crippen molar-refractivity contribution >= 4 is 5.78 Å². The summed E-state index contributed by atoms with van der Waals surface area (Å²) >= 11 is 0. The van der Waals surface area contributed by atoms with Gasteiger partial charge in [0.2, 0.25) is 5.78 Å².